The second-order valence-electron chi connectivity index (χ2n) is 9.34. The topological polar surface area (TPSA) is 77.1 Å². The zero-order chi connectivity index (χ0) is 21.6. The van der Waals surface area contributed by atoms with Crippen molar-refractivity contribution in [3.63, 3.8) is 0 Å². The highest BCUT2D eigenvalue weighted by Crippen LogP contribution is 2.41. The largest absolute Gasteiger partial charge is 0.483 e. The number of halogens is 1. The lowest BCUT2D eigenvalue weighted by Crippen LogP contribution is -2.65. The smallest absolute Gasteiger partial charge is 0.261 e. The molecule has 4 heterocycles. The van der Waals surface area contributed by atoms with E-state index < -0.39 is 5.54 Å². The summed E-state index contributed by atoms with van der Waals surface area (Å²) >= 11 is 0. The Morgan fingerprint density at radius 2 is 1.97 bits per heavy atom. The van der Waals surface area contributed by atoms with Crippen molar-refractivity contribution in [2.45, 2.75) is 68.7 Å². The van der Waals surface area contributed by atoms with Gasteiger partial charge in [-0.15, -0.1) is 0 Å². The van der Waals surface area contributed by atoms with Crippen molar-refractivity contribution >= 4 is 11.8 Å². The van der Waals surface area contributed by atoms with Crippen molar-refractivity contribution in [1.82, 2.24) is 10.2 Å². The summed E-state index contributed by atoms with van der Waals surface area (Å²) in [6, 6.07) is 4.17. The zero-order valence-corrected chi connectivity index (χ0v) is 17.8. The van der Waals surface area contributed by atoms with Crippen molar-refractivity contribution in [2.75, 3.05) is 26.4 Å². The maximum Gasteiger partial charge on any atom is 0.261 e. The molecule has 168 valence electrons. The normalized spacial score (nSPS) is 36.0. The molecule has 2 amide bonds. The van der Waals surface area contributed by atoms with Crippen molar-refractivity contribution in [1.29, 1.82) is 0 Å². The predicted octanol–water partition coefficient (Wildman–Crippen LogP) is 2.14. The average molecular weight is 432 g/mol. The number of morpholine rings is 1. The van der Waals surface area contributed by atoms with E-state index in [2.05, 4.69) is 5.32 Å². The van der Waals surface area contributed by atoms with Gasteiger partial charge in [-0.05, 0) is 56.6 Å². The number of hydrogen-bond acceptors (Lipinski definition) is 5. The number of nitrogens with zero attached hydrogens (tertiary/aromatic N) is 1. The first-order valence-electron chi connectivity index (χ1n) is 11.2. The number of hydrogen-bond donors (Lipinski definition) is 1. The number of fused-ring (bicyclic) bond motifs is 5. The van der Waals surface area contributed by atoms with Crippen LogP contribution in [-0.2, 0) is 19.1 Å². The Bertz CT molecular complexity index is 872. The first-order valence-corrected chi connectivity index (χ1v) is 11.2. The first kappa shape index (κ1) is 20.7. The third kappa shape index (κ3) is 3.80. The number of nitrogens with one attached hydrogen (secondary N) is 1. The van der Waals surface area contributed by atoms with Gasteiger partial charge in [-0.2, -0.15) is 0 Å². The molecule has 31 heavy (non-hydrogen) atoms. The summed E-state index contributed by atoms with van der Waals surface area (Å²) in [7, 11) is 0. The predicted molar refractivity (Wildman–Crippen MR) is 109 cm³/mol. The van der Waals surface area contributed by atoms with Gasteiger partial charge in [0, 0.05) is 12.1 Å². The molecule has 1 saturated carbocycles. The second kappa shape index (κ2) is 8.06. The van der Waals surface area contributed by atoms with Crippen molar-refractivity contribution in [3.05, 3.63) is 29.6 Å². The second-order valence-corrected chi connectivity index (χ2v) is 9.34. The van der Waals surface area contributed by atoms with Gasteiger partial charge >= 0.3 is 0 Å². The molecule has 6 rings (SSSR count). The molecule has 4 aliphatic heterocycles. The summed E-state index contributed by atoms with van der Waals surface area (Å²) < 4.78 is 31.8. The van der Waals surface area contributed by atoms with Crippen LogP contribution in [0.1, 0.15) is 50.5 Å². The molecule has 2 saturated heterocycles. The Morgan fingerprint density at radius 3 is 2.74 bits per heavy atom. The van der Waals surface area contributed by atoms with Crippen molar-refractivity contribution < 1.29 is 28.2 Å². The molecule has 3 fully saturated rings. The fourth-order valence-electron chi connectivity index (χ4n) is 5.91. The molecule has 0 radical (unpaired) electrons. The molecule has 1 spiro atoms. The van der Waals surface area contributed by atoms with Crippen LogP contribution in [0.25, 0.3) is 0 Å². The first-order chi connectivity index (χ1) is 14.9. The van der Waals surface area contributed by atoms with Gasteiger partial charge in [0.1, 0.15) is 18.2 Å². The van der Waals surface area contributed by atoms with Crippen LogP contribution in [-0.4, -0.2) is 66.9 Å². The SMILES string of the molecule is CC1CC2(COCC(=O)N2)C2COC3CCC(CC3)c3ccc(F)cc3OCC(=O)N12. The highest BCUT2D eigenvalue weighted by atomic mass is 19.1. The van der Waals surface area contributed by atoms with Crippen LogP contribution >= 0.6 is 0 Å². The number of benzene rings is 1. The lowest BCUT2D eigenvalue weighted by Gasteiger charge is -2.41. The average Bonchev–Trinajstić information content (AvgIpc) is 3.01. The Balaban J connectivity index is 1.48. The maximum atomic E-state index is 14.0. The minimum atomic E-state index is -0.661. The van der Waals surface area contributed by atoms with E-state index in [0.717, 1.165) is 31.2 Å². The fourth-order valence-corrected chi connectivity index (χ4v) is 5.91. The Labute approximate surface area is 181 Å². The van der Waals surface area contributed by atoms with E-state index in [1.54, 1.807) is 11.0 Å². The van der Waals surface area contributed by atoms with E-state index in [-0.39, 0.29) is 55.0 Å². The van der Waals surface area contributed by atoms with Gasteiger partial charge in [-0.25, -0.2) is 4.39 Å². The molecular weight excluding hydrogens is 403 g/mol. The maximum absolute atomic E-state index is 14.0. The van der Waals surface area contributed by atoms with Gasteiger partial charge in [0.2, 0.25) is 5.91 Å². The van der Waals surface area contributed by atoms with E-state index in [1.807, 2.05) is 6.92 Å². The summed E-state index contributed by atoms with van der Waals surface area (Å²) in [5.74, 6) is -0.0239. The van der Waals surface area contributed by atoms with E-state index in [1.165, 1.54) is 12.1 Å². The van der Waals surface area contributed by atoms with Crippen LogP contribution in [0.15, 0.2) is 18.2 Å². The van der Waals surface area contributed by atoms with E-state index in [0.29, 0.717) is 25.4 Å². The van der Waals surface area contributed by atoms with Gasteiger partial charge in [0.25, 0.3) is 5.91 Å². The van der Waals surface area contributed by atoms with Crippen LogP contribution in [0.2, 0.25) is 0 Å². The molecule has 1 aromatic carbocycles. The Morgan fingerprint density at radius 1 is 1.16 bits per heavy atom. The lowest BCUT2D eigenvalue weighted by molar-refractivity contribution is -0.145. The number of carbonyl (C=O) groups excluding carboxylic acids is 2. The van der Waals surface area contributed by atoms with E-state index in [4.69, 9.17) is 14.2 Å². The molecule has 1 N–H and O–H groups in total. The third-order valence-corrected chi connectivity index (χ3v) is 7.31. The van der Waals surface area contributed by atoms with Crippen molar-refractivity contribution in [2.24, 2.45) is 0 Å². The molecule has 1 aromatic rings. The number of amides is 2. The molecule has 3 atom stereocenters. The van der Waals surface area contributed by atoms with E-state index >= 15 is 0 Å². The number of carbonyl (C=O) groups is 2. The van der Waals surface area contributed by atoms with Gasteiger partial charge in [-0.1, -0.05) is 6.07 Å². The summed E-state index contributed by atoms with van der Waals surface area (Å²) in [5, 5.41) is 3.10. The quantitative estimate of drug-likeness (QED) is 0.680. The van der Waals surface area contributed by atoms with Crippen LogP contribution in [0.3, 0.4) is 0 Å². The summed E-state index contributed by atoms with van der Waals surface area (Å²) in [4.78, 5) is 27.2. The van der Waals surface area contributed by atoms with Crippen LogP contribution in [0, 0.1) is 5.82 Å². The highest BCUT2D eigenvalue weighted by molar-refractivity contribution is 5.81. The van der Waals surface area contributed by atoms with Crippen LogP contribution < -0.4 is 10.1 Å². The Hall–Kier alpha value is -2.19. The van der Waals surface area contributed by atoms with Gasteiger partial charge in [0.05, 0.1) is 30.9 Å². The Kier molecular flexibility index (Phi) is 5.38. The molecule has 0 aromatic heterocycles. The van der Waals surface area contributed by atoms with Gasteiger partial charge in [0.15, 0.2) is 6.61 Å². The minimum absolute atomic E-state index is 0.0348. The molecular formula is C23H29FN2O5. The fraction of sp³-hybridized carbons (Fsp3) is 0.652. The van der Waals surface area contributed by atoms with Crippen molar-refractivity contribution in [3.8, 4) is 5.75 Å². The van der Waals surface area contributed by atoms with E-state index in [9.17, 15) is 14.0 Å². The summed E-state index contributed by atoms with van der Waals surface area (Å²) in [5.41, 5.74) is 0.300. The monoisotopic (exact) mass is 432 g/mol. The molecule has 1 aliphatic carbocycles. The molecule has 7 nitrogen and oxygen atoms in total. The summed E-state index contributed by atoms with van der Waals surface area (Å²) in [6.45, 7) is 2.52. The van der Waals surface area contributed by atoms with Gasteiger partial charge in [-0.3, -0.25) is 9.59 Å². The standard InChI is InChI=1S/C23H29FN2O5/c1-14-9-23(13-29-11-21(27)25-23)20-10-30-17-5-2-15(3-6-17)18-7-4-16(24)8-19(18)31-12-22(28)26(14)20/h4,7-8,14-15,17,20H,2-3,5-6,9-13H2,1H3,(H,25,27). The van der Waals surface area contributed by atoms with Gasteiger partial charge < -0.3 is 24.4 Å². The van der Waals surface area contributed by atoms with Crippen LogP contribution in [0.5, 0.6) is 5.75 Å². The molecule has 3 unspecified atom stereocenters. The zero-order valence-electron chi connectivity index (χ0n) is 17.8. The van der Waals surface area contributed by atoms with Crippen LogP contribution in [0.4, 0.5) is 4.39 Å². The number of rotatable bonds is 0. The molecule has 5 aliphatic rings. The highest BCUT2D eigenvalue weighted by Gasteiger charge is 2.55. The summed E-state index contributed by atoms with van der Waals surface area (Å²) in [6.07, 6.45) is 4.34. The number of ether oxygens (including phenoxy) is 3. The lowest BCUT2D eigenvalue weighted by atomic mass is 9.82. The third-order valence-electron chi connectivity index (χ3n) is 7.31. The molecule has 2 bridgehead atoms. The minimum Gasteiger partial charge on any atom is -0.483 e. The molecule has 8 heteroatoms.